The van der Waals surface area contributed by atoms with Crippen molar-refractivity contribution in [2.45, 2.75) is 127 Å². The summed E-state index contributed by atoms with van der Waals surface area (Å²) in [5, 5.41) is 9.76. The van der Waals surface area contributed by atoms with Crippen LogP contribution in [0.3, 0.4) is 0 Å². The van der Waals surface area contributed by atoms with Gasteiger partial charge in [-0.2, -0.15) is 0 Å². The summed E-state index contributed by atoms with van der Waals surface area (Å²) in [6, 6.07) is 0.739. The van der Waals surface area contributed by atoms with Crippen LogP contribution in [0.15, 0.2) is 0 Å². The van der Waals surface area contributed by atoms with Gasteiger partial charge in [-0.25, -0.2) is 0 Å². The second-order valence-corrected chi connectivity index (χ2v) is 10.2. The van der Waals surface area contributed by atoms with E-state index in [1.807, 2.05) is 0 Å². The van der Waals surface area contributed by atoms with Crippen molar-refractivity contribution < 1.29 is 0 Å². The smallest absolute Gasteiger partial charge is 0.139 e. The number of nitrogens with zero attached hydrogens (tertiary/aromatic N) is 3. The van der Waals surface area contributed by atoms with Crippen LogP contribution in [0, 0.1) is 5.41 Å². The van der Waals surface area contributed by atoms with E-state index in [0.29, 0.717) is 16.7 Å². The molecule has 5 aliphatic carbocycles. The van der Waals surface area contributed by atoms with Gasteiger partial charge < -0.3 is 4.57 Å². The average molecular weight is 356 g/mol. The number of hydrogen-bond donors (Lipinski definition) is 0. The maximum absolute atomic E-state index is 4.92. The fraction of sp³-hybridized carbons (Fsp3) is 0.913. The summed E-state index contributed by atoms with van der Waals surface area (Å²) >= 11 is 0. The summed E-state index contributed by atoms with van der Waals surface area (Å²) < 4.78 is 2.69. The lowest BCUT2D eigenvalue weighted by atomic mass is 9.52. The first-order chi connectivity index (χ1) is 12.8. The van der Waals surface area contributed by atoms with E-state index in [0.717, 1.165) is 6.04 Å². The highest BCUT2D eigenvalue weighted by Crippen LogP contribution is 2.60. The third-order valence-electron chi connectivity index (χ3n) is 8.54. The van der Waals surface area contributed by atoms with Gasteiger partial charge >= 0.3 is 0 Å². The van der Waals surface area contributed by atoms with Gasteiger partial charge in [0.1, 0.15) is 11.6 Å². The minimum Gasteiger partial charge on any atom is -0.311 e. The highest BCUT2D eigenvalue weighted by Gasteiger charge is 2.52. The van der Waals surface area contributed by atoms with Crippen LogP contribution in [0.1, 0.15) is 133 Å². The first-order valence-electron chi connectivity index (χ1n) is 11.7. The number of aromatic nitrogens is 3. The number of rotatable bonds is 7. The van der Waals surface area contributed by atoms with Gasteiger partial charge in [-0.15, -0.1) is 10.2 Å². The summed E-state index contributed by atoms with van der Waals surface area (Å²) in [6.45, 7) is 2.33. The molecule has 5 saturated carbocycles. The van der Waals surface area contributed by atoms with Crippen LogP contribution in [-0.2, 0) is 5.41 Å². The molecule has 1 aromatic rings. The largest absolute Gasteiger partial charge is 0.311 e. The van der Waals surface area contributed by atoms with E-state index in [2.05, 4.69) is 11.5 Å². The van der Waals surface area contributed by atoms with Crippen LogP contribution in [-0.4, -0.2) is 14.8 Å². The van der Waals surface area contributed by atoms with Crippen molar-refractivity contribution in [3.8, 4) is 0 Å². The molecule has 5 aliphatic rings. The molecule has 3 heteroatoms. The van der Waals surface area contributed by atoms with Gasteiger partial charge in [-0.3, -0.25) is 0 Å². The molecule has 0 unspecified atom stereocenters. The lowest BCUT2D eigenvalue weighted by Gasteiger charge is -2.53. The zero-order valence-corrected chi connectivity index (χ0v) is 16.8. The van der Waals surface area contributed by atoms with Gasteiger partial charge in [0.25, 0.3) is 0 Å². The van der Waals surface area contributed by atoms with Crippen LogP contribution in [0.25, 0.3) is 0 Å². The number of hydrogen-bond acceptors (Lipinski definition) is 2. The number of fused-ring (bicyclic) bond motifs is 3. The Labute approximate surface area is 159 Å². The van der Waals surface area contributed by atoms with E-state index < -0.39 is 0 Å². The molecule has 3 nitrogen and oxygen atoms in total. The quantitative estimate of drug-likeness (QED) is 0.527. The molecule has 0 saturated heterocycles. The molecule has 1 aromatic heterocycles. The Morgan fingerprint density at radius 2 is 1.58 bits per heavy atom. The molecule has 0 amide bonds. The topological polar surface area (TPSA) is 30.7 Å². The van der Waals surface area contributed by atoms with Crippen molar-refractivity contribution in [2.24, 2.45) is 5.41 Å². The number of unbranched alkanes of at least 4 members (excludes halogenated alkanes) is 2. The normalized spacial score (nSPS) is 34.7. The SMILES string of the molecule is CCCCCC12CCC(c3nnc(C4CCCC4)n3C3CC3)(CC1)CC2. The molecule has 1 heterocycles. The Balaban J connectivity index is 1.38. The van der Waals surface area contributed by atoms with Crippen molar-refractivity contribution in [1.82, 2.24) is 14.8 Å². The Morgan fingerprint density at radius 1 is 0.885 bits per heavy atom. The van der Waals surface area contributed by atoms with Gasteiger partial charge in [-0.1, -0.05) is 39.0 Å². The average Bonchev–Trinajstić information content (AvgIpc) is 3.19. The molecule has 0 atom stereocenters. The van der Waals surface area contributed by atoms with E-state index in [9.17, 15) is 0 Å². The fourth-order valence-corrected chi connectivity index (χ4v) is 6.54. The fourth-order valence-electron chi connectivity index (χ4n) is 6.54. The second-order valence-electron chi connectivity index (χ2n) is 10.2. The Morgan fingerprint density at radius 3 is 2.19 bits per heavy atom. The first-order valence-corrected chi connectivity index (χ1v) is 11.7. The lowest BCUT2D eigenvalue weighted by Crippen LogP contribution is -2.45. The monoisotopic (exact) mass is 355 g/mol. The van der Waals surface area contributed by atoms with Crippen molar-refractivity contribution in [3.05, 3.63) is 11.6 Å². The van der Waals surface area contributed by atoms with E-state index >= 15 is 0 Å². The standard InChI is InChI=1S/C23H37N3/c1-2-3-6-11-22-12-15-23(16-13-22,17-14-22)21-25-24-20(18-7-4-5-8-18)26(21)19-9-10-19/h18-19H,2-17H2,1H3. The summed E-state index contributed by atoms with van der Waals surface area (Å²) in [7, 11) is 0. The van der Waals surface area contributed by atoms with E-state index in [4.69, 9.17) is 10.2 Å². The van der Waals surface area contributed by atoms with Crippen molar-refractivity contribution >= 4 is 0 Å². The highest BCUT2D eigenvalue weighted by atomic mass is 15.3. The van der Waals surface area contributed by atoms with Crippen molar-refractivity contribution in [1.29, 1.82) is 0 Å². The van der Waals surface area contributed by atoms with Gasteiger partial charge in [0.05, 0.1) is 0 Å². The van der Waals surface area contributed by atoms with Crippen LogP contribution in [0.4, 0.5) is 0 Å². The molecule has 0 spiro atoms. The third-order valence-corrected chi connectivity index (χ3v) is 8.54. The van der Waals surface area contributed by atoms with Gasteiger partial charge in [0.15, 0.2) is 0 Å². The molecule has 0 radical (unpaired) electrons. The Kier molecular flexibility index (Phi) is 4.40. The summed E-state index contributed by atoms with van der Waals surface area (Å²) in [5.74, 6) is 3.50. The molecule has 0 aliphatic heterocycles. The van der Waals surface area contributed by atoms with E-state index in [1.54, 1.807) is 0 Å². The third kappa shape index (κ3) is 2.85. The van der Waals surface area contributed by atoms with E-state index in [1.165, 1.54) is 114 Å². The van der Waals surface area contributed by atoms with Gasteiger partial charge in [0, 0.05) is 17.4 Å². The van der Waals surface area contributed by atoms with Crippen LogP contribution < -0.4 is 0 Å². The molecule has 2 bridgehead atoms. The molecule has 6 rings (SSSR count). The van der Waals surface area contributed by atoms with Crippen LogP contribution >= 0.6 is 0 Å². The molecule has 5 fully saturated rings. The summed E-state index contributed by atoms with van der Waals surface area (Å²) in [4.78, 5) is 0. The maximum atomic E-state index is 4.92. The van der Waals surface area contributed by atoms with Gasteiger partial charge in [-0.05, 0) is 76.0 Å². The molecule has 26 heavy (non-hydrogen) atoms. The van der Waals surface area contributed by atoms with Crippen LogP contribution in [0.2, 0.25) is 0 Å². The zero-order chi connectivity index (χ0) is 17.6. The molecule has 144 valence electrons. The predicted molar refractivity (Wildman–Crippen MR) is 105 cm³/mol. The highest BCUT2D eigenvalue weighted by molar-refractivity contribution is 5.21. The van der Waals surface area contributed by atoms with Gasteiger partial charge in [0.2, 0.25) is 0 Å². The minimum atomic E-state index is 0.374. The zero-order valence-electron chi connectivity index (χ0n) is 16.8. The lowest BCUT2D eigenvalue weighted by molar-refractivity contribution is 0.0244. The molecule has 0 N–H and O–H groups in total. The molecule has 0 aromatic carbocycles. The Bertz CT molecular complexity index is 611. The minimum absolute atomic E-state index is 0.374. The summed E-state index contributed by atoms with van der Waals surface area (Å²) in [5.41, 5.74) is 1.06. The Hall–Kier alpha value is -0.860. The maximum Gasteiger partial charge on any atom is 0.139 e. The van der Waals surface area contributed by atoms with Crippen molar-refractivity contribution in [2.75, 3.05) is 0 Å². The summed E-state index contributed by atoms with van der Waals surface area (Å²) in [6.07, 6.45) is 22.4. The second kappa shape index (κ2) is 6.63. The van der Waals surface area contributed by atoms with E-state index in [-0.39, 0.29) is 0 Å². The first kappa shape index (κ1) is 17.3. The van der Waals surface area contributed by atoms with Crippen molar-refractivity contribution in [3.63, 3.8) is 0 Å². The predicted octanol–water partition coefficient (Wildman–Crippen LogP) is 6.44. The van der Waals surface area contributed by atoms with Crippen LogP contribution in [0.5, 0.6) is 0 Å². The molecular weight excluding hydrogens is 318 g/mol. The molecular formula is C23H37N3.